The Labute approximate surface area is 193 Å². The predicted octanol–water partition coefficient (Wildman–Crippen LogP) is 6.45. The molecule has 0 aromatic rings. The highest BCUT2D eigenvalue weighted by Gasteiger charge is 2.11. The van der Waals surface area contributed by atoms with Crippen LogP contribution in [0.5, 0.6) is 0 Å². The van der Waals surface area contributed by atoms with Crippen LogP contribution in [0.4, 0.5) is 0 Å². The zero-order valence-corrected chi connectivity index (χ0v) is 20.9. The lowest BCUT2D eigenvalue weighted by atomic mass is 10.1. The van der Waals surface area contributed by atoms with Crippen LogP contribution in [-0.4, -0.2) is 46.2 Å². The van der Waals surface area contributed by atoms with Crippen molar-refractivity contribution in [2.24, 2.45) is 0 Å². The van der Waals surface area contributed by atoms with E-state index in [0.29, 0.717) is 12.8 Å². The van der Waals surface area contributed by atoms with Gasteiger partial charge in [0.15, 0.2) is 12.6 Å². The minimum atomic E-state index is -0.803. The van der Waals surface area contributed by atoms with Crippen LogP contribution in [0.1, 0.15) is 142 Å². The number of aliphatic hydroxyl groups is 4. The first-order valence-corrected chi connectivity index (χ1v) is 13.4. The molecule has 2 atom stereocenters. The molecule has 0 aliphatic rings. The molecule has 0 saturated heterocycles. The molecule has 0 rings (SSSR count). The van der Waals surface area contributed by atoms with E-state index in [1.54, 1.807) is 0 Å². The summed E-state index contributed by atoms with van der Waals surface area (Å²) in [4.78, 5) is 0. The summed E-state index contributed by atoms with van der Waals surface area (Å²) in [6, 6.07) is 0. The van der Waals surface area contributed by atoms with Crippen molar-refractivity contribution in [3.8, 4) is 0 Å². The normalized spacial score (nSPS) is 13.0. The monoisotopic (exact) mass is 448 g/mol. The summed E-state index contributed by atoms with van der Waals surface area (Å²) in [5.74, 6) is 0. The minimum absolute atomic E-state index is 0.125. The Hall–Kier alpha value is -0.200. The fourth-order valence-corrected chi connectivity index (χ4v) is 3.58. The molecule has 0 spiro atoms. The first-order chi connectivity index (χ1) is 15.1. The van der Waals surface area contributed by atoms with Gasteiger partial charge in [0.25, 0.3) is 0 Å². The summed E-state index contributed by atoms with van der Waals surface area (Å²) in [5.41, 5.74) is 0. The molecule has 0 saturated carbocycles. The van der Waals surface area contributed by atoms with E-state index < -0.39 is 12.6 Å². The fraction of sp³-hybridized carbons (Fsp3) is 1.00. The smallest absolute Gasteiger partial charge is 0.157 e. The molecule has 0 radical (unpaired) electrons. The molecule has 0 bridgehead atoms. The van der Waals surface area contributed by atoms with Crippen LogP contribution >= 0.6 is 0 Å². The molecule has 31 heavy (non-hydrogen) atoms. The van der Waals surface area contributed by atoms with E-state index in [2.05, 4.69) is 13.8 Å². The number of rotatable bonds is 23. The van der Waals surface area contributed by atoms with Crippen LogP contribution in [-0.2, 0) is 4.74 Å². The van der Waals surface area contributed by atoms with Gasteiger partial charge in [-0.15, -0.1) is 0 Å². The van der Waals surface area contributed by atoms with E-state index in [0.717, 1.165) is 25.7 Å². The maximum atomic E-state index is 9.88. The first kappa shape index (κ1) is 33.0. The van der Waals surface area contributed by atoms with Crippen LogP contribution in [0, 0.1) is 0 Å². The molecule has 0 aliphatic heterocycles. The maximum absolute atomic E-state index is 9.88. The maximum Gasteiger partial charge on any atom is 0.157 e. The van der Waals surface area contributed by atoms with Crippen LogP contribution in [0.15, 0.2) is 0 Å². The van der Waals surface area contributed by atoms with E-state index in [-0.39, 0.29) is 13.2 Å². The summed E-state index contributed by atoms with van der Waals surface area (Å²) in [7, 11) is 0. The molecule has 0 aliphatic carbocycles. The van der Waals surface area contributed by atoms with E-state index in [1.807, 2.05) is 0 Å². The molecular weight excluding hydrogens is 392 g/mol. The number of unbranched alkanes of at least 4 members (excludes halogenated alkanes) is 16. The van der Waals surface area contributed by atoms with Crippen LogP contribution in [0.3, 0.4) is 0 Å². The Balaban J connectivity index is 0. The predicted molar refractivity (Wildman–Crippen MR) is 131 cm³/mol. The molecule has 5 nitrogen and oxygen atoms in total. The first-order valence-electron chi connectivity index (χ1n) is 13.4. The lowest BCUT2D eigenvalue weighted by molar-refractivity contribution is -0.212. The van der Waals surface area contributed by atoms with E-state index in [1.165, 1.54) is 89.9 Å². The van der Waals surface area contributed by atoms with Crippen molar-refractivity contribution in [1.82, 2.24) is 0 Å². The standard InChI is InChI=1S/C24H50O3.C2H6O2/c1-3-5-7-9-11-13-15-17-19-21-23(25)27-24(26)22-20-18-16-14-12-10-8-6-4-2;3-1-2-4/h23-26H,3-22H2,1-2H3;3-4H,1-2H2. The van der Waals surface area contributed by atoms with Crippen LogP contribution in [0.2, 0.25) is 0 Å². The van der Waals surface area contributed by atoms with Crippen LogP contribution in [0.25, 0.3) is 0 Å². The van der Waals surface area contributed by atoms with Crippen molar-refractivity contribution in [3.05, 3.63) is 0 Å². The van der Waals surface area contributed by atoms with Crippen molar-refractivity contribution >= 4 is 0 Å². The molecule has 0 fully saturated rings. The van der Waals surface area contributed by atoms with Crippen molar-refractivity contribution in [3.63, 3.8) is 0 Å². The van der Waals surface area contributed by atoms with Gasteiger partial charge in [-0.3, -0.25) is 0 Å². The Morgan fingerprint density at radius 3 is 0.968 bits per heavy atom. The summed E-state index contributed by atoms with van der Waals surface area (Å²) in [6.45, 7) is 4.25. The highest BCUT2D eigenvalue weighted by Crippen LogP contribution is 2.15. The molecule has 0 heterocycles. The van der Waals surface area contributed by atoms with Crippen molar-refractivity contribution in [2.45, 2.75) is 155 Å². The minimum Gasteiger partial charge on any atom is -0.394 e. The van der Waals surface area contributed by atoms with Gasteiger partial charge in [-0.05, 0) is 25.7 Å². The van der Waals surface area contributed by atoms with Gasteiger partial charge in [-0.1, -0.05) is 117 Å². The van der Waals surface area contributed by atoms with Gasteiger partial charge >= 0.3 is 0 Å². The number of hydrogen-bond donors (Lipinski definition) is 4. The van der Waals surface area contributed by atoms with Gasteiger partial charge in [0.05, 0.1) is 13.2 Å². The van der Waals surface area contributed by atoms with Gasteiger partial charge in [-0.2, -0.15) is 0 Å². The van der Waals surface area contributed by atoms with E-state index >= 15 is 0 Å². The molecular formula is C26H56O5. The molecule has 5 heteroatoms. The summed E-state index contributed by atoms with van der Waals surface area (Å²) in [5, 5.41) is 35.0. The Morgan fingerprint density at radius 2 is 0.710 bits per heavy atom. The quantitative estimate of drug-likeness (QED) is 0.106. The lowest BCUT2D eigenvalue weighted by Crippen LogP contribution is -2.21. The third-order valence-corrected chi connectivity index (χ3v) is 5.52. The number of ether oxygens (including phenoxy) is 1. The van der Waals surface area contributed by atoms with E-state index in [9.17, 15) is 10.2 Å². The number of hydrogen-bond acceptors (Lipinski definition) is 5. The van der Waals surface area contributed by atoms with Gasteiger partial charge in [-0.25, -0.2) is 0 Å². The zero-order chi connectivity index (χ0) is 23.4. The third-order valence-electron chi connectivity index (χ3n) is 5.52. The molecule has 0 amide bonds. The van der Waals surface area contributed by atoms with Crippen molar-refractivity contribution in [1.29, 1.82) is 0 Å². The zero-order valence-electron chi connectivity index (χ0n) is 20.9. The van der Waals surface area contributed by atoms with E-state index in [4.69, 9.17) is 14.9 Å². The van der Waals surface area contributed by atoms with Gasteiger partial charge in [0.2, 0.25) is 0 Å². The second kappa shape index (κ2) is 29.8. The highest BCUT2D eigenvalue weighted by atomic mass is 16.7. The van der Waals surface area contributed by atoms with Crippen LogP contribution < -0.4 is 0 Å². The van der Waals surface area contributed by atoms with Gasteiger partial charge in [0, 0.05) is 0 Å². The molecule has 190 valence electrons. The average molecular weight is 449 g/mol. The summed E-state index contributed by atoms with van der Waals surface area (Å²) >= 11 is 0. The second-order valence-corrected chi connectivity index (χ2v) is 8.73. The lowest BCUT2D eigenvalue weighted by Gasteiger charge is -2.17. The molecule has 2 unspecified atom stereocenters. The third kappa shape index (κ3) is 32.1. The molecule has 4 N–H and O–H groups in total. The second-order valence-electron chi connectivity index (χ2n) is 8.73. The van der Waals surface area contributed by atoms with Crippen molar-refractivity contribution < 1.29 is 25.2 Å². The Morgan fingerprint density at radius 1 is 0.452 bits per heavy atom. The van der Waals surface area contributed by atoms with Gasteiger partial charge < -0.3 is 25.2 Å². The molecule has 0 aromatic carbocycles. The SMILES string of the molecule is CCCCCCCCCCCC(O)OC(O)CCCCCCCCCCC.OCCO. The van der Waals surface area contributed by atoms with Gasteiger partial charge in [0.1, 0.15) is 0 Å². The fourth-order valence-electron chi connectivity index (χ4n) is 3.58. The Kier molecular flexibility index (Phi) is 31.7. The Bertz CT molecular complexity index is 274. The topological polar surface area (TPSA) is 90.2 Å². The average Bonchev–Trinajstić information content (AvgIpc) is 2.77. The summed E-state index contributed by atoms with van der Waals surface area (Å²) in [6.07, 6.45) is 22.6. The van der Waals surface area contributed by atoms with Crippen molar-refractivity contribution in [2.75, 3.05) is 13.2 Å². The molecule has 0 aromatic heterocycles. The largest absolute Gasteiger partial charge is 0.394 e. The number of aliphatic hydroxyl groups excluding tert-OH is 4. The highest BCUT2D eigenvalue weighted by molar-refractivity contribution is 4.52. The summed E-state index contributed by atoms with van der Waals surface area (Å²) < 4.78 is 5.31.